The van der Waals surface area contributed by atoms with Gasteiger partial charge in [-0.1, -0.05) is 60.7 Å². The van der Waals surface area contributed by atoms with Gasteiger partial charge in [0.15, 0.2) is 0 Å². The van der Waals surface area contributed by atoms with Crippen LogP contribution in [0.2, 0.25) is 0 Å². The zero-order valence-electron chi connectivity index (χ0n) is 15.8. The van der Waals surface area contributed by atoms with Crippen molar-refractivity contribution >= 4 is 0 Å². The molecule has 138 valence electrons. The molecule has 0 fully saturated rings. The average Bonchev–Trinajstić information content (AvgIpc) is 3.07. The normalized spacial score (nSPS) is 17.5. The van der Waals surface area contributed by atoms with Crippen LogP contribution in [0.25, 0.3) is 0 Å². The smallest absolute Gasteiger partial charge is 0.0258 e. The van der Waals surface area contributed by atoms with Crippen molar-refractivity contribution in [1.82, 2.24) is 14.8 Å². The molecular weight excluding hydrogens is 330 g/mol. The van der Waals surface area contributed by atoms with Crippen molar-refractivity contribution in [2.45, 2.75) is 39.0 Å². The average molecular weight is 358 g/mol. The zero-order chi connectivity index (χ0) is 18.1. The molecule has 1 aromatic heterocycles. The molecule has 27 heavy (non-hydrogen) atoms. The van der Waals surface area contributed by atoms with Crippen molar-refractivity contribution in [3.8, 4) is 0 Å². The second-order valence-electron chi connectivity index (χ2n) is 7.93. The van der Waals surface area contributed by atoms with Crippen LogP contribution in [0, 0.1) is 0 Å². The first-order valence-electron chi connectivity index (χ1n) is 10.1. The van der Waals surface area contributed by atoms with Crippen LogP contribution in [0.1, 0.15) is 33.6 Å². The highest BCUT2D eigenvalue weighted by atomic mass is 15.2. The first-order chi connectivity index (χ1) is 13.3. The Morgan fingerprint density at radius 2 is 1.07 bits per heavy atom. The van der Waals surface area contributed by atoms with Crippen LogP contribution in [-0.4, -0.2) is 27.9 Å². The SMILES string of the molecule is c1ccc(CN2CCc3[nH]c4c(c3C2)CN(Cc2ccccc2)CC4)cc1. The molecule has 0 saturated heterocycles. The minimum atomic E-state index is 1.05. The van der Waals surface area contributed by atoms with E-state index in [0.717, 1.165) is 52.1 Å². The van der Waals surface area contributed by atoms with Crippen molar-refractivity contribution in [2.75, 3.05) is 13.1 Å². The Kier molecular flexibility index (Phi) is 4.56. The Morgan fingerprint density at radius 1 is 0.630 bits per heavy atom. The van der Waals surface area contributed by atoms with Crippen LogP contribution in [0.15, 0.2) is 60.7 Å². The summed E-state index contributed by atoms with van der Waals surface area (Å²) in [7, 11) is 0. The van der Waals surface area contributed by atoms with Crippen molar-refractivity contribution in [2.24, 2.45) is 0 Å². The fourth-order valence-electron chi connectivity index (χ4n) is 4.60. The van der Waals surface area contributed by atoms with E-state index >= 15 is 0 Å². The molecule has 0 aliphatic carbocycles. The molecule has 0 atom stereocenters. The van der Waals surface area contributed by atoms with Crippen molar-refractivity contribution in [3.05, 3.63) is 94.3 Å². The van der Waals surface area contributed by atoms with Crippen LogP contribution in [0.5, 0.6) is 0 Å². The lowest BCUT2D eigenvalue weighted by Gasteiger charge is -2.30. The number of H-pyrrole nitrogens is 1. The molecule has 0 unspecified atom stereocenters. The molecule has 0 saturated carbocycles. The number of aromatic nitrogens is 1. The van der Waals surface area contributed by atoms with Crippen LogP contribution >= 0.6 is 0 Å². The molecule has 5 rings (SSSR count). The molecule has 3 heterocycles. The van der Waals surface area contributed by atoms with Crippen molar-refractivity contribution in [1.29, 1.82) is 0 Å². The fraction of sp³-hybridized carbons (Fsp3) is 0.333. The predicted molar refractivity (Wildman–Crippen MR) is 109 cm³/mol. The Morgan fingerprint density at radius 3 is 1.52 bits per heavy atom. The van der Waals surface area contributed by atoms with E-state index in [-0.39, 0.29) is 0 Å². The van der Waals surface area contributed by atoms with Gasteiger partial charge in [0.2, 0.25) is 0 Å². The quantitative estimate of drug-likeness (QED) is 0.758. The summed E-state index contributed by atoms with van der Waals surface area (Å²) in [6, 6.07) is 21.7. The topological polar surface area (TPSA) is 22.3 Å². The van der Waals surface area contributed by atoms with Crippen molar-refractivity contribution < 1.29 is 0 Å². The van der Waals surface area contributed by atoms with E-state index in [4.69, 9.17) is 0 Å². The van der Waals surface area contributed by atoms with Crippen LogP contribution in [0.4, 0.5) is 0 Å². The van der Waals surface area contributed by atoms with E-state index in [1.165, 1.54) is 22.5 Å². The van der Waals surface area contributed by atoms with Crippen LogP contribution in [-0.2, 0) is 39.0 Å². The maximum Gasteiger partial charge on any atom is 0.0258 e. The van der Waals surface area contributed by atoms with Crippen LogP contribution < -0.4 is 0 Å². The number of aromatic amines is 1. The highest BCUT2D eigenvalue weighted by Crippen LogP contribution is 2.30. The number of hydrogen-bond acceptors (Lipinski definition) is 2. The summed E-state index contributed by atoms with van der Waals surface area (Å²) in [5, 5.41) is 0. The van der Waals surface area contributed by atoms with Gasteiger partial charge in [0.05, 0.1) is 0 Å². The lowest BCUT2D eigenvalue weighted by Crippen LogP contribution is -2.32. The molecule has 0 bridgehead atoms. The van der Waals surface area contributed by atoms with Gasteiger partial charge in [-0.3, -0.25) is 9.80 Å². The second kappa shape index (κ2) is 7.34. The van der Waals surface area contributed by atoms with Gasteiger partial charge in [0.1, 0.15) is 0 Å². The third kappa shape index (κ3) is 3.58. The first-order valence-corrected chi connectivity index (χ1v) is 10.1. The summed E-state index contributed by atoms with van der Waals surface area (Å²) < 4.78 is 0. The maximum atomic E-state index is 3.77. The van der Waals surface area contributed by atoms with E-state index < -0.39 is 0 Å². The Balaban J connectivity index is 1.32. The Labute approximate surface area is 161 Å². The standard InChI is InChI=1S/C24H27N3/c1-3-7-19(8-4-1)15-26-13-11-23-21(17-26)22-18-27(14-12-24(22)25-23)16-20-9-5-2-6-10-20/h1-10,25H,11-18H2. The summed E-state index contributed by atoms with van der Waals surface area (Å²) in [6.45, 7) is 6.55. The number of benzene rings is 2. The Bertz CT molecular complexity index is 824. The molecule has 2 aliphatic heterocycles. The predicted octanol–water partition coefficient (Wildman–Crippen LogP) is 4.13. The highest BCUT2D eigenvalue weighted by molar-refractivity contribution is 5.40. The molecule has 0 amide bonds. The van der Waals surface area contributed by atoms with Gasteiger partial charge >= 0.3 is 0 Å². The van der Waals surface area contributed by atoms with E-state index in [0.29, 0.717) is 0 Å². The van der Waals surface area contributed by atoms with Gasteiger partial charge in [-0.05, 0) is 22.3 Å². The van der Waals surface area contributed by atoms with Gasteiger partial charge in [0, 0.05) is 63.5 Å². The minimum absolute atomic E-state index is 1.05. The monoisotopic (exact) mass is 357 g/mol. The maximum absolute atomic E-state index is 3.77. The zero-order valence-corrected chi connectivity index (χ0v) is 15.8. The van der Waals surface area contributed by atoms with E-state index in [2.05, 4.69) is 75.4 Å². The molecule has 0 spiro atoms. The summed E-state index contributed by atoms with van der Waals surface area (Å²) >= 11 is 0. The van der Waals surface area contributed by atoms with E-state index in [1.54, 1.807) is 11.1 Å². The summed E-state index contributed by atoms with van der Waals surface area (Å²) in [4.78, 5) is 8.97. The Hall–Kier alpha value is -2.36. The number of hydrogen-bond donors (Lipinski definition) is 1. The number of nitrogens with zero attached hydrogens (tertiary/aromatic N) is 2. The molecule has 2 aromatic carbocycles. The lowest BCUT2D eigenvalue weighted by molar-refractivity contribution is 0.231. The van der Waals surface area contributed by atoms with Crippen molar-refractivity contribution in [3.63, 3.8) is 0 Å². The fourth-order valence-corrected chi connectivity index (χ4v) is 4.60. The third-order valence-electron chi connectivity index (χ3n) is 6.01. The molecule has 3 nitrogen and oxygen atoms in total. The van der Waals surface area contributed by atoms with Gasteiger partial charge in [-0.25, -0.2) is 0 Å². The summed E-state index contributed by atoms with van der Waals surface area (Å²) in [6.07, 6.45) is 2.29. The molecule has 0 radical (unpaired) electrons. The van der Waals surface area contributed by atoms with Gasteiger partial charge < -0.3 is 4.98 Å². The minimum Gasteiger partial charge on any atom is -0.362 e. The summed E-state index contributed by atoms with van der Waals surface area (Å²) in [5.74, 6) is 0. The molecule has 1 N–H and O–H groups in total. The van der Waals surface area contributed by atoms with Crippen LogP contribution in [0.3, 0.4) is 0 Å². The van der Waals surface area contributed by atoms with E-state index in [9.17, 15) is 0 Å². The highest BCUT2D eigenvalue weighted by Gasteiger charge is 2.27. The molecule has 2 aliphatic rings. The largest absolute Gasteiger partial charge is 0.362 e. The van der Waals surface area contributed by atoms with E-state index in [1.807, 2.05) is 0 Å². The molecular formula is C24H27N3. The van der Waals surface area contributed by atoms with Gasteiger partial charge in [-0.2, -0.15) is 0 Å². The number of fused-ring (bicyclic) bond motifs is 3. The molecule has 3 heteroatoms. The lowest BCUT2D eigenvalue weighted by atomic mass is 9.98. The number of nitrogens with one attached hydrogen (secondary N) is 1. The number of rotatable bonds is 4. The first kappa shape index (κ1) is 16.8. The van der Waals surface area contributed by atoms with Gasteiger partial charge in [-0.15, -0.1) is 0 Å². The summed E-state index contributed by atoms with van der Waals surface area (Å²) in [5.41, 5.74) is 8.96. The molecule has 3 aromatic rings. The second-order valence-corrected chi connectivity index (χ2v) is 7.93. The third-order valence-corrected chi connectivity index (χ3v) is 6.01. The van der Waals surface area contributed by atoms with Gasteiger partial charge in [0.25, 0.3) is 0 Å².